The van der Waals surface area contributed by atoms with Gasteiger partial charge in [-0.15, -0.1) is 0 Å². The van der Waals surface area contributed by atoms with Crippen LogP contribution in [0.2, 0.25) is 0 Å². The number of hydrogen-bond donors (Lipinski definition) is 0. The maximum atomic E-state index is 10.8. The molecule has 0 aromatic heterocycles. The van der Waals surface area contributed by atoms with E-state index in [0.29, 0.717) is 0 Å². The monoisotopic (exact) mass is 273 g/mol. The Hall–Kier alpha value is -1.46. The van der Waals surface area contributed by atoms with Crippen LogP contribution in [0.4, 0.5) is 5.69 Å². The average Bonchev–Trinajstić information content (AvgIpc) is 2.65. The van der Waals surface area contributed by atoms with Gasteiger partial charge in [-0.25, -0.2) is 0 Å². The van der Waals surface area contributed by atoms with E-state index in [1.54, 1.807) is 12.1 Å². The minimum absolute atomic E-state index is 0.187. The molecule has 2 atom stereocenters. The summed E-state index contributed by atoms with van der Waals surface area (Å²) in [6.07, 6.45) is 1.23. The number of benzene rings is 1. The Balaban J connectivity index is 1.71. The third-order valence-corrected chi connectivity index (χ3v) is 5.19. The highest BCUT2D eigenvalue weighted by molar-refractivity contribution is 5.38. The summed E-state index contributed by atoms with van der Waals surface area (Å²) in [7, 11) is 0. The standard InChI is InChI=1S/C15H19N3O2/c19-18(20)14-3-1-13(2-4-14)15-7-12-8-16(10-15)5-6-17(9-12)11-15/h1-4,12H,5-11H2. The molecule has 2 unspecified atom stereocenters. The van der Waals surface area contributed by atoms with Crippen LogP contribution in [0.1, 0.15) is 12.0 Å². The van der Waals surface area contributed by atoms with Crippen LogP contribution in [0, 0.1) is 16.0 Å². The molecule has 0 saturated carbocycles. The number of rotatable bonds is 2. The lowest BCUT2D eigenvalue weighted by Crippen LogP contribution is -2.57. The smallest absolute Gasteiger partial charge is 0.269 e. The van der Waals surface area contributed by atoms with Crippen molar-refractivity contribution in [3.63, 3.8) is 0 Å². The fraction of sp³-hybridized carbons (Fsp3) is 0.600. The molecular weight excluding hydrogens is 254 g/mol. The molecule has 4 fully saturated rings. The lowest BCUT2D eigenvalue weighted by atomic mass is 9.68. The molecule has 4 aliphatic rings. The topological polar surface area (TPSA) is 49.6 Å². The van der Waals surface area contributed by atoms with Crippen LogP contribution < -0.4 is 0 Å². The number of non-ortho nitro benzene ring substituents is 1. The van der Waals surface area contributed by atoms with Crippen LogP contribution >= 0.6 is 0 Å². The summed E-state index contributed by atoms with van der Waals surface area (Å²) < 4.78 is 0. The summed E-state index contributed by atoms with van der Waals surface area (Å²) >= 11 is 0. The molecule has 0 aliphatic carbocycles. The molecule has 0 amide bonds. The van der Waals surface area contributed by atoms with E-state index in [0.717, 1.165) is 19.0 Å². The summed E-state index contributed by atoms with van der Waals surface area (Å²) in [6, 6.07) is 7.28. The van der Waals surface area contributed by atoms with E-state index in [4.69, 9.17) is 0 Å². The summed E-state index contributed by atoms with van der Waals surface area (Å²) in [4.78, 5) is 15.7. The second kappa shape index (κ2) is 4.27. The highest BCUT2D eigenvalue weighted by atomic mass is 16.6. The maximum absolute atomic E-state index is 10.8. The first-order chi connectivity index (χ1) is 9.64. The molecule has 4 aliphatic heterocycles. The number of nitrogens with zero attached hydrogens (tertiary/aromatic N) is 3. The Morgan fingerprint density at radius 3 is 2.25 bits per heavy atom. The predicted molar refractivity (Wildman–Crippen MR) is 75.8 cm³/mol. The molecule has 1 aromatic rings. The number of nitro groups is 1. The van der Waals surface area contributed by atoms with Crippen molar-refractivity contribution in [3.05, 3.63) is 39.9 Å². The van der Waals surface area contributed by atoms with Crippen LogP contribution in [-0.2, 0) is 5.41 Å². The average molecular weight is 273 g/mol. The van der Waals surface area contributed by atoms with Gasteiger partial charge in [-0.3, -0.25) is 10.1 Å². The van der Waals surface area contributed by atoms with Crippen LogP contribution in [0.3, 0.4) is 0 Å². The van der Waals surface area contributed by atoms with Crippen molar-refractivity contribution in [2.45, 2.75) is 11.8 Å². The third kappa shape index (κ3) is 1.84. The Morgan fingerprint density at radius 1 is 1.10 bits per heavy atom. The maximum Gasteiger partial charge on any atom is 0.269 e. The van der Waals surface area contributed by atoms with Gasteiger partial charge in [0.2, 0.25) is 0 Å². The SMILES string of the molecule is O=[N+]([O-])c1ccc(C23CC4CN(CCN(C4)C2)C3)cc1. The Morgan fingerprint density at radius 2 is 1.70 bits per heavy atom. The highest BCUT2D eigenvalue weighted by Gasteiger charge is 2.48. The van der Waals surface area contributed by atoms with E-state index in [1.165, 1.54) is 38.2 Å². The van der Waals surface area contributed by atoms with Gasteiger partial charge in [0.25, 0.3) is 5.69 Å². The van der Waals surface area contributed by atoms with Crippen LogP contribution in [0.15, 0.2) is 24.3 Å². The first-order valence-electron chi connectivity index (χ1n) is 7.34. The molecule has 5 rings (SSSR count). The van der Waals surface area contributed by atoms with Crippen LogP contribution in [0.5, 0.6) is 0 Å². The van der Waals surface area contributed by atoms with Crippen molar-refractivity contribution >= 4 is 5.69 Å². The first kappa shape index (κ1) is 12.3. The van der Waals surface area contributed by atoms with E-state index in [2.05, 4.69) is 9.80 Å². The number of nitro benzene ring substituents is 1. The predicted octanol–water partition coefficient (Wildman–Crippen LogP) is 1.48. The second-order valence-electron chi connectivity index (χ2n) is 6.62. The Bertz CT molecular complexity index is 527. The fourth-order valence-electron chi connectivity index (χ4n) is 4.49. The number of fused-ring (bicyclic) bond motifs is 1. The van der Waals surface area contributed by atoms with Gasteiger partial charge in [-0.05, 0) is 17.9 Å². The molecule has 5 nitrogen and oxygen atoms in total. The molecule has 1 aromatic carbocycles. The van der Waals surface area contributed by atoms with Crippen LogP contribution in [0.25, 0.3) is 0 Å². The Kier molecular flexibility index (Phi) is 2.62. The van der Waals surface area contributed by atoms with Crippen molar-refractivity contribution in [2.75, 3.05) is 39.3 Å². The zero-order chi connectivity index (χ0) is 13.7. The molecule has 4 heterocycles. The quantitative estimate of drug-likeness (QED) is 0.605. The summed E-state index contributed by atoms with van der Waals surface area (Å²) in [5.74, 6) is 0.759. The number of hydrogen-bond acceptors (Lipinski definition) is 4. The molecule has 5 heteroatoms. The lowest BCUT2D eigenvalue weighted by molar-refractivity contribution is -0.384. The molecule has 106 valence electrons. The van der Waals surface area contributed by atoms with Gasteiger partial charge < -0.3 is 9.80 Å². The van der Waals surface area contributed by atoms with E-state index < -0.39 is 0 Å². The summed E-state index contributed by atoms with van der Waals surface area (Å²) in [5.41, 5.74) is 1.66. The molecule has 4 saturated heterocycles. The van der Waals surface area contributed by atoms with Crippen molar-refractivity contribution in [2.24, 2.45) is 5.92 Å². The first-order valence-corrected chi connectivity index (χ1v) is 7.34. The zero-order valence-corrected chi connectivity index (χ0v) is 11.5. The van der Waals surface area contributed by atoms with Crippen molar-refractivity contribution < 1.29 is 4.92 Å². The van der Waals surface area contributed by atoms with E-state index in [-0.39, 0.29) is 16.0 Å². The molecule has 0 N–H and O–H groups in total. The van der Waals surface area contributed by atoms with Crippen LogP contribution in [-0.4, -0.2) is 54.0 Å². The summed E-state index contributed by atoms with van der Waals surface area (Å²) in [5, 5.41) is 10.8. The van der Waals surface area contributed by atoms with Gasteiger partial charge in [-0.2, -0.15) is 0 Å². The molecule has 0 spiro atoms. The lowest BCUT2D eigenvalue weighted by Gasteiger charge is -2.50. The number of piperidine rings is 2. The molecule has 4 bridgehead atoms. The van der Waals surface area contributed by atoms with Crippen molar-refractivity contribution in [1.82, 2.24) is 9.80 Å². The van der Waals surface area contributed by atoms with Gasteiger partial charge in [0, 0.05) is 56.8 Å². The van der Waals surface area contributed by atoms with Crippen molar-refractivity contribution in [3.8, 4) is 0 Å². The largest absolute Gasteiger partial charge is 0.301 e. The molecular formula is C15H19N3O2. The van der Waals surface area contributed by atoms with Gasteiger partial charge in [0.15, 0.2) is 0 Å². The zero-order valence-electron chi connectivity index (χ0n) is 11.5. The normalized spacial score (nSPS) is 38.7. The van der Waals surface area contributed by atoms with Crippen molar-refractivity contribution in [1.29, 1.82) is 0 Å². The van der Waals surface area contributed by atoms with Gasteiger partial charge in [0.05, 0.1) is 4.92 Å². The minimum atomic E-state index is -0.317. The highest BCUT2D eigenvalue weighted by Crippen LogP contribution is 2.43. The van der Waals surface area contributed by atoms with E-state index in [9.17, 15) is 10.1 Å². The third-order valence-electron chi connectivity index (χ3n) is 5.19. The molecule has 20 heavy (non-hydrogen) atoms. The second-order valence-corrected chi connectivity index (χ2v) is 6.62. The Labute approximate surface area is 118 Å². The van der Waals surface area contributed by atoms with Gasteiger partial charge in [-0.1, -0.05) is 12.1 Å². The van der Waals surface area contributed by atoms with E-state index >= 15 is 0 Å². The molecule has 0 radical (unpaired) electrons. The van der Waals surface area contributed by atoms with Gasteiger partial charge in [0.1, 0.15) is 0 Å². The van der Waals surface area contributed by atoms with Gasteiger partial charge >= 0.3 is 0 Å². The fourth-order valence-corrected chi connectivity index (χ4v) is 4.49. The van der Waals surface area contributed by atoms with E-state index in [1.807, 2.05) is 12.1 Å². The summed E-state index contributed by atoms with van der Waals surface area (Å²) in [6.45, 7) is 7.02. The minimum Gasteiger partial charge on any atom is -0.301 e.